The summed E-state index contributed by atoms with van der Waals surface area (Å²) in [7, 11) is 0. The van der Waals surface area contributed by atoms with Crippen LogP contribution in [0.1, 0.15) is 66.5 Å². The summed E-state index contributed by atoms with van der Waals surface area (Å²) in [6.45, 7) is 6.72. The molecule has 0 spiro atoms. The molecule has 1 heterocycles. The van der Waals surface area contributed by atoms with Gasteiger partial charge in [0.05, 0.1) is 16.3 Å². The van der Waals surface area contributed by atoms with Gasteiger partial charge in [0.2, 0.25) is 0 Å². The molecule has 192 valence electrons. The molecule has 0 radical (unpaired) electrons. The molecule has 0 saturated heterocycles. The number of hydrogen-bond acceptors (Lipinski definition) is 5. The Morgan fingerprint density at radius 3 is 2.28 bits per heavy atom. The minimum Gasteiger partial charge on any atom is -0.478 e. The number of nitrogens with zero attached hydrogens (tertiary/aromatic N) is 1. The lowest BCUT2D eigenvalue weighted by molar-refractivity contribution is -0.152. The first-order chi connectivity index (χ1) is 16.7. The highest BCUT2D eigenvalue weighted by Gasteiger charge is 2.31. The average Bonchev–Trinajstić information content (AvgIpc) is 3.23. The summed E-state index contributed by atoms with van der Waals surface area (Å²) in [6, 6.07) is 9.31. The van der Waals surface area contributed by atoms with Crippen molar-refractivity contribution in [2.45, 2.75) is 58.2 Å². The van der Waals surface area contributed by atoms with Gasteiger partial charge in [0.1, 0.15) is 10.8 Å². The van der Waals surface area contributed by atoms with Crippen molar-refractivity contribution in [3.63, 3.8) is 0 Å². The van der Waals surface area contributed by atoms with E-state index in [4.69, 9.17) is 16.3 Å². The zero-order valence-electron chi connectivity index (χ0n) is 20.1. The molecule has 0 saturated carbocycles. The molecule has 1 N–H and O–H groups in total. The number of alkyl halides is 3. The molecule has 0 atom stereocenters. The quantitative estimate of drug-likeness (QED) is 0.282. The van der Waals surface area contributed by atoms with Crippen molar-refractivity contribution >= 4 is 34.7 Å². The van der Waals surface area contributed by atoms with E-state index in [2.05, 4.69) is 4.98 Å². The molecule has 0 bridgehead atoms. The number of carbonyl (C=O) groups excluding carboxylic acids is 1. The zero-order chi connectivity index (χ0) is 26.8. The standard InChI is InChI=1S/C26H25ClF3NO4S/c1-14(2)22-21(36-23(31-22)15-5-8-17(9-6-15)26(28,29)30)12-10-19(32)16-7-11-20(18(27)13-16)35-25(3,4)24(33)34/h5-9,11,13-14H,10,12H2,1-4H3,(H,33,34). The Morgan fingerprint density at radius 2 is 1.75 bits per heavy atom. The second kappa shape index (κ2) is 10.6. The maximum absolute atomic E-state index is 12.9. The summed E-state index contributed by atoms with van der Waals surface area (Å²) in [5.74, 6) is -1.09. The molecule has 0 amide bonds. The lowest BCUT2D eigenvalue weighted by Crippen LogP contribution is -2.37. The Balaban J connectivity index is 1.75. The van der Waals surface area contributed by atoms with Crippen molar-refractivity contribution in [3.8, 4) is 16.3 Å². The van der Waals surface area contributed by atoms with Crippen LogP contribution in [0.5, 0.6) is 5.75 Å². The van der Waals surface area contributed by atoms with E-state index < -0.39 is 23.3 Å². The van der Waals surface area contributed by atoms with Gasteiger partial charge in [-0.15, -0.1) is 11.3 Å². The number of aromatic nitrogens is 1. The van der Waals surface area contributed by atoms with E-state index in [1.54, 1.807) is 0 Å². The molecular weight excluding hydrogens is 515 g/mol. The fourth-order valence-electron chi connectivity index (χ4n) is 3.37. The third-order valence-electron chi connectivity index (χ3n) is 5.45. The Bertz CT molecular complexity index is 1270. The second-order valence-corrected chi connectivity index (χ2v) is 10.5. The molecule has 1 aromatic heterocycles. The highest BCUT2D eigenvalue weighted by molar-refractivity contribution is 7.15. The summed E-state index contributed by atoms with van der Waals surface area (Å²) in [5.41, 5.74) is -0.461. The molecule has 5 nitrogen and oxygen atoms in total. The Kier molecular flexibility index (Phi) is 8.15. The van der Waals surface area contributed by atoms with Crippen molar-refractivity contribution < 1.29 is 32.6 Å². The van der Waals surface area contributed by atoms with Gasteiger partial charge in [-0.3, -0.25) is 4.79 Å². The van der Waals surface area contributed by atoms with Crippen molar-refractivity contribution in [1.82, 2.24) is 4.98 Å². The molecule has 0 unspecified atom stereocenters. The van der Waals surface area contributed by atoms with Crippen molar-refractivity contribution in [1.29, 1.82) is 0 Å². The van der Waals surface area contributed by atoms with Crippen LogP contribution in [0, 0.1) is 0 Å². The Labute approximate surface area is 215 Å². The van der Waals surface area contributed by atoms with Crippen LogP contribution in [0.2, 0.25) is 5.02 Å². The molecule has 0 fully saturated rings. The van der Waals surface area contributed by atoms with Gasteiger partial charge in [0, 0.05) is 22.4 Å². The fourth-order valence-corrected chi connectivity index (χ4v) is 4.81. The van der Waals surface area contributed by atoms with Gasteiger partial charge in [-0.2, -0.15) is 13.2 Å². The van der Waals surface area contributed by atoms with E-state index >= 15 is 0 Å². The van der Waals surface area contributed by atoms with Crippen molar-refractivity contribution in [2.75, 3.05) is 0 Å². The highest BCUT2D eigenvalue weighted by atomic mass is 35.5. The van der Waals surface area contributed by atoms with Crippen LogP contribution in [-0.4, -0.2) is 27.4 Å². The van der Waals surface area contributed by atoms with Gasteiger partial charge in [-0.1, -0.05) is 37.6 Å². The van der Waals surface area contributed by atoms with Crippen LogP contribution in [-0.2, 0) is 17.4 Å². The van der Waals surface area contributed by atoms with E-state index in [9.17, 15) is 27.9 Å². The third kappa shape index (κ3) is 6.44. The number of aliphatic carboxylic acids is 1. The van der Waals surface area contributed by atoms with E-state index in [0.717, 1.165) is 22.7 Å². The maximum Gasteiger partial charge on any atom is 0.416 e. The molecule has 0 aliphatic carbocycles. The zero-order valence-corrected chi connectivity index (χ0v) is 21.6. The summed E-state index contributed by atoms with van der Waals surface area (Å²) < 4.78 is 44.1. The number of carboxylic acids is 1. The van der Waals surface area contributed by atoms with Crippen molar-refractivity contribution in [3.05, 3.63) is 69.2 Å². The predicted molar refractivity (Wildman–Crippen MR) is 133 cm³/mol. The van der Waals surface area contributed by atoms with Crippen molar-refractivity contribution in [2.24, 2.45) is 0 Å². The molecule has 36 heavy (non-hydrogen) atoms. The summed E-state index contributed by atoms with van der Waals surface area (Å²) >= 11 is 7.59. The molecule has 0 aliphatic rings. The van der Waals surface area contributed by atoms with Gasteiger partial charge in [0.15, 0.2) is 11.4 Å². The van der Waals surface area contributed by atoms with Crippen LogP contribution in [0.3, 0.4) is 0 Å². The summed E-state index contributed by atoms with van der Waals surface area (Å²) in [5, 5.41) is 9.95. The number of halogens is 4. The monoisotopic (exact) mass is 539 g/mol. The molecule has 2 aromatic carbocycles. The number of carbonyl (C=O) groups is 2. The molecule has 10 heteroatoms. The second-order valence-electron chi connectivity index (χ2n) is 9.04. The largest absolute Gasteiger partial charge is 0.478 e. The Morgan fingerprint density at radius 1 is 1.11 bits per heavy atom. The van der Waals surface area contributed by atoms with Gasteiger partial charge in [-0.25, -0.2) is 9.78 Å². The van der Waals surface area contributed by atoms with Crippen LogP contribution in [0.15, 0.2) is 42.5 Å². The van der Waals surface area contributed by atoms with Gasteiger partial charge < -0.3 is 9.84 Å². The lowest BCUT2D eigenvalue weighted by Gasteiger charge is -2.22. The number of aryl methyl sites for hydroxylation is 1. The topological polar surface area (TPSA) is 76.5 Å². The predicted octanol–water partition coefficient (Wildman–Crippen LogP) is 7.66. The van der Waals surface area contributed by atoms with E-state index in [0.29, 0.717) is 22.6 Å². The summed E-state index contributed by atoms with van der Waals surface area (Å²) in [4.78, 5) is 29.7. The first-order valence-electron chi connectivity index (χ1n) is 11.1. The fraction of sp³-hybridized carbons (Fsp3) is 0.346. The first kappa shape index (κ1) is 27.7. The number of benzene rings is 2. The highest BCUT2D eigenvalue weighted by Crippen LogP contribution is 2.36. The van der Waals surface area contributed by atoms with Crippen LogP contribution in [0.4, 0.5) is 13.2 Å². The van der Waals surface area contributed by atoms with E-state index in [1.807, 2.05) is 13.8 Å². The van der Waals surface area contributed by atoms with Gasteiger partial charge >= 0.3 is 12.1 Å². The molecular formula is C26H25ClF3NO4S. The van der Waals surface area contributed by atoms with Gasteiger partial charge in [0.25, 0.3) is 0 Å². The minimum absolute atomic E-state index is 0.0676. The number of rotatable bonds is 9. The van der Waals surface area contributed by atoms with Gasteiger partial charge in [-0.05, 0) is 56.5 Å². The minimum atomic E-state index is -4.41. The average molecular weight is 540 g/mol. The number of ketones is 1. The van der Waals surface area contributed by atoms with E-state index in [1.165, 1.54) is 55.5 Å². The first-order valence-corrected chi connectivity index (χ1v) is 12.3. The normalized spacial score (nSPS) is 12.1. The van der Waals surface area contributed by atoms with E-state index in [-0.39, 0.29) is 28.9 Å². The molecule has 3 aromatic rings. The number of thiazole rings is 1. The number of Topliss-reactive ketones (excluding diaryl/α,β-unsaturated/α-hetero) is 1. The van der Waals surface area contributed by atoms with Crippen LogP contribution in [0.25, 0.3) is 10.6 Å². The lowest BCUT2D eigenvalue weighted by atomic mass is 10.0. The molecule has 0 aliphatic heterocycles. The number of carboxylic acid groups (broad SMARTS) is 1. The Hall–Kier alpha value is -2.91. The maximum atomic E-state index is 12.9. The van der Waals surface area contributed by atoms with Crippen LogP contribution >= 0.6 is 22.9 Å². The molecule has 3 rings (SSSR count). The SMILES string of the molecule is CC(C)c1nc(-c2ccc(C(F)(F)F)cc2)sc1CCC(=O)c1ccc(OC(C)(C)C(=O)O)c(Cl)c1. The smallest absolute Gasteiger partial charge is 0.416 e. The number of ether oxygens (including phenoxy) is 1. The third-order valence-corrected chi connectivity index (χ3v) is 6.92. The van der Waals surface area contributed by atoms with Crippen LogP contribution < -0.4 is 4.74 Å². The number of hydrogen-bond donors (Lipinski definition) is 1. The summed E-state index contributed by atoms with van der Waals surface area (Å²) in [6.07, 6.45) is -3.83.